The summed E-state index contributed by atoms with van der Waals surface area (Å²) < 4.78 is 0. The molecule has 0 unspecified atom stereocenters. The highest BCUT2D eigenvalue weighted by molar-refractivity contribution is 7.14. The van der Waals surface area contributed by atoms with Gasteiger partial charge in [0, 0.05) is 41.3 Å². The number of nitrogens with one attached hydrogen (secondary N) is 1. The molecule has 0 bridgehead atoms. The zero-order valence-corrected chi connectivity index (χ0v) is 11.3. The Morgan fingerprint density at radius 3 is 2.80 bits per heavy atom. The van der Waals surface area contributed by atoms with E-state index in [0.717, 1.165) is 22.0 Å². The van der Waals surface area contributed by atoms with Gasteiger partial charge in [0.05, 0.1) is 11.9 Å². The number of pyridine rings is 2. The first-order valence-electron chi connectivity index (χ1n) is 5.97. The molecule has 0 aromatic carbocycles. The third-order valence-corrected chi connectivity index (χ3v) is 3.29. The highest BCUT2D eigenvalue weighted by atomic mass is 32.1. The summed E-state index contributed by atoms with van der Waals surface area (Å²) >= 11 is 1.51. The number of hydrogen-bond acceptors (Lipinski definition) is 6. The van der Waals surface area contributed by atoms with E-state index in [9.17, 15) is 0 Å². The molecule has 98 valence electrons. The average molecular weight is 281 g/mol. The predicted octanol–water partition coefficient (Wildman–Crippen LogP) is 3.05. The minimum absolute atomic E-state index is 0.747. The zero-order chi connectivity index (χ0) is 13.6. The van der Waals surface area contributed by atoms with E-state index in [0.29, 0.717) is 0 Å². The van der Waals surface area contributed by atoms with Crippen molar-refractivity contribution in [1.82, 2.24) is 15.0 Å². The average Bonchev–Trinajstić information content (AvgIpc) is 2.98. The van der Waals surface area contributed by atoms with Crippen LogP contribution in [0.15, 0.2) is 59.5 Å². The second kappa shape index (κ2) is 6.03. The van der Waals surface area contributed by atoms with Crippen LogP contribution in [0.1, 0.15) is 5.56 Å². The molecular weight excluding hydrogens is 270 g/mol. The van der Waals surface area contributed by atoms with E-state index in [4.69, 9.17) is 0 Å². The number of rotatable bonds is 4. The molecule has 0 spiro atoms. The van der Waals surface area contributed by atoms with Crippen LogP contribution < -0.4 is 5.43 Å². The highest BCUT2D eigenvalue weighted by Gasteiger charge is 2.02. The number of anilines is 1. The Kier molecular flexibility index (Phi) is 3.75. The smallest absolute Gasteiger partial charge is 0.203 e. The summed E-state index contributed by atoms with van der Waals surface area (Å²) in [6, 6.07) is 7.66. The van der Waals surface area contributed by atoms with Crippen molar-refractivity contribution in [1.29, 1.82) is 0 Å². The molecule has 0 amide bonds. The van der Waals surface area contributed by atoms with Crippen molar-refractivity contribution in [3.8, 4) is 11.3 Å². The molecule has 3 heterocycles. The zero-order valence-electron chi connectivity index (χ0n) is 10.5. The van der Waals surface area contributed by atoms with Crippen LogP contribution in [0.25, 0.3) is 11.3 Å². The quantitative estimate of drug-likeness (QED) is 0.589. The van der Waals surface area contributed by atoms with E-state index in [1.54, 1.807) is 31.0 Å². The van der Waals surface area contributed by atoms with Crippen LogP contribution in [-0.2, 0) is 0 Å². The first-order chi connectivity index (χ1) is 9.92. The summed E-state index contributed by atoms with van der Waals surface area (Å²) in [7, 11) is 0. The third-order valence-electron chi connectivity index (χ3n) is 2.54. The lowest BCUT2D eigenvalue weighted by Gasteiger charge is -1.95. The van der Waals surface area contributed by atoms with Crippen molar-refractivity contribution in [3.63, 3.8) is 0 Å². The van der Waals surface area contributed by atoms with Crippen LogP contribution >= 0.6 is 11.3 Å². The molecule has 0 aliphatic heterocycles. The summed E-state index contributed by atoms with van der Waals surface area (Å²) in [5.41, 5.74) is 5.81. The van der Waals surface area contributed by atoms with Crippen molar-refractivity contribution in [3.05, 3.63) is 60.0 Å². The van der Waals surface area contributed by atoms with E-state index in [1.165, 1.54) is 11.3 Å². The number of hydrazone groups is 1. The molecule has 6 heteroatoms. The first-order valence-corrected chi connectivity index (χ1v) is 6.85. The van der Waals surface area contributed by atoms with Gasteiger partial charge in [-0.25, -0.2) is 4.98 Å². The fraction of sp³-hybridized carbons (Fsp3) is 0. The number of hydrogen-bond donors (Lipinski definition) is 1. The van der Waals surface area contributed by atoms with Crippen LogP contribution in [-0.4, -0.2) is 21.2 Å². The van der Waals surface area contributed by atoms with Crippen LogP contribution in [0.4, 0.5) is 5.13 Å². The van der Waals surface area contributed by atoms with Gasteiger partial charge in [-0.05, 0) is 18.2 Å². The topological polar surface area (TPSA) is 63.1 Å². The van der Waals surface area contributed by atoms with E-state index >= 15 is 0 Å². The van der Waals surface area contributed by atoms with Gasteiger partial charge in [0.2, 0.25) is 5.13 Å². The second-order valence-electron chi connectivity index (χ2n) is 3.93. The van der Waals surface area contributed by atoms with E-state index < -0.39 is 0 Å². The van der Waals surface area contributed by atoms with Crippen molar-refractivity contribution >= 4 is 22.7 Å². The molecule has 0 saturated carbocycles. The van der Waals surface area contributed by atoms with Crippen LogP contribution in [0.2, 0.25) is 0 Å². The molecule has 0 aliphatic rings. The lowest BCUT2D eigenvalue weighted by molar-refractivity contribution is 1.27. The molecule has 3 aromatic rings. The number of nitrogens with zero attached hydrogens (tertiary/aromatic N) is 4. The van der Waals surface area contributed by atoms with Crippen LogP contribution in [0, 0.1) is 0 Å². The lowest BCUT2D eigenvalue weighted by atomic mass is 10.2. The predicted molar refractivity (Wildman–Crippen MR) is 80.8 cm³/mol. The molecule has 0 radical (unpaired) electrons. The standard InChI is InChI=1S/C14H11N5S/c1-2-11(8-16-5-1)9-17-19-14-18-13(10-20-14)12-3-6-15-7-4-12/h1-10H,(H,18,19)/b17-9-. The summed E-state index contributed by atoms with van der Waals surface area (Å²) in [5.74, 6) is 0. The van der Waals surface area contributed by atoms with Gasteiger partial charge < -0.3 is 0 Å². The van der Waals surface area contributed by atoms with Gasteiger partial charge >= 0.3 is 0 Å². The van der Waals surface area contributed by atoms with Gasteiger partial charge in [-0.3, -0.25) is 15.4 Å². The van der Waals surface area contributed by atoms with E-state index in [-0.39, 0.29) is 0 Å². The van der Waals surface area contributed by atoms with Crippen molar-refractivity contribution < 1.29 is 0 Å². The summed E-state index contributed by atoms with van der Waals surface area (Å²) in [6.45, 7) is 0. The van der Waals surface area contributed by atoms with Crippen molar-refractivity contribution in [2.75, 3.05) is 5.43 Å². The normalized spacial score (nSPS) is 10.8. The molecule has 0 saturated heterocycles. The van der Waals surface area contributed by atoms with Gasteiger partial charge in [0.15, 0.2) is 0 Å². The maximum atomic E-state index is 4.46. The summed E-state index contributed by atoms with van der Waals surface area (Å²) in [4.78, 5) is 12.5. The Morgan fingerprint density at radius 1 is 1.10 bits per heavy atom. The van der Waals surface area contributed by atoms with Gasteiger partial charge in [-0.15, -0.1) is 11.3 Å². The molecule has 0 aliphatic carbocycles. The third kappa shape index (κ3) is 3.04. The van der Waals surface area contributed by atoms with Gasteiger partial charge in [0.1, 0.15) is 0 Å². The van der Waals surface area contributed by atoms with Crippen molar-refractivity contribution in [2.45, 2.75) is 0 Å². The Morgan fingerprint density at radius 2 is 2.00 bits per heavy atom. The molecule has 1 N–H and O–H groups in total. The molecule has 0 atom stereocenters. The minimum atomic E-state index is 0.747. The van der Waals surface area contributed by atoms with Gasteiger partial charge in [-0.2, -0.15) is 5.10 Å². The van der Waals surface area contributed by atoms with Crippen LogP contribution in [0.5, 0.6) is 0 Å². The van der Waals surface area contributed by atoms with Crippen molar-refractivity contribution in [2.24, 2.45) is 5.10 Å². The lowest BCUT2D eigenvalue weighted by Crippen LogP contribution is -1.90. The monoisotopic (exact) mass is 281 g/mol. The molecule has 5 nitrogen and oxygen atoms in total. The fourth-order valence-electron chi connectivity index (χ4n) is 1.59. The maximum absolute atomic E-state index is 4.46. The molecular formula is C14H11N5S. The Balaban J connectivity index is 1.68. The Bertz CT molecular complexity index is 694. The van der Waals surface area contributed by atoms with E-state index in [2.05, 4.69) is 25.5 Å². The SMILES string of the molecule is C(=N/Nc1nc(-c2ccncc2)cs1)/c1cccnc1. The number of aromatic nitrogens is 3. The van der Waals surface area contributed by atoms with Crippen LogP contribution in [0.3, 0.4) is 0 Å². The first kappa shape index (κ1) is 12.4. The summed E-state index contributed by atoms with van der Waals surface area (Å²) in [6.07, 6.45) is 8.69. The Labute approximate surface area is 120 Å². The minimum Gasteiger partial charge on any atom is -0.265 e. The number of thiazole rings is 1. The second-order valence-corrected chi connectivity index (χ2v) is 4.79. The van der Waals surface area contributed by atoms with Gasteiger partial charge in [-0.1, -0.05) is 6.07 Å². The molecule has 0 fully saturated rings. The molecule has 20 heavy (non-hydrogen) atoms. The fourth-order valence-corrected chi connectivity index (χ4v) is 2.26. The maximum Gasteiger partial charge on any atom is 0.203 e. The Hall–Kier alpha value is -2.60. The highest BCUT2D eigenvalue weighted by Crippen LogP contribution is 2.24. The molecule has 3 aromatic heterocycles. The summed E-state index contributed by atoms with van der Waals surface area (Å²) in [5, 5.41) is 6.87. The van der Waals surface area contributed by atoms with Gasteiger partial charge in [0.25, 0.3) is 0 Å². The van der Waals surface area contributed by atoms with E-state index in [1.807, 2.05) is 29.6 Å². The molecule has 3 rings (SSSR count). The largest absolute Gasteiger partial charge is 0.265 e.